The van der Waals surface area contributed by atoms with Crippen molar-refractivity contribution < 1.29 is 9.47 Å². The molecule has 2 aliphatic rings. The lowest BCUT2D eigenvalue weighted by molar-refractivity contribution is -0.109. The van der Waals surface area contributed by atoms with E-state index in [2.05, 4.69) is 30.9 Å². The van der Waals surface area contributed by atoms with E-state index in [-0.39, 0.29) is 5.60 Å². The zero-order chi connectivity index (χ0) is 15.1. The van der Waals surface area contributed by atoms with E-state index in [0.29, 0.717) is 12.1 Å². The molecule has 0 amide bonds. The van der Waals surface area contributed by atoms with Gasteiger partial charge in [-0.25, -0.2) is 0 Å². The largest absolute Gasteiger partial charge is 0.382 e. The van der Waals surface area contributed by atoms with Gasteiger partial charge in [0.1, 0.15) is 0 Å². The van der Waals surface area contributed by atoms with Gasteiger partial charge in [-0.2, -0.15) is 11.8 Å². The second kappa shape index (κ2) is 8.76. The van der Waals surface area contributed by atoms with E-state index >= 15 is 0 Å². The summed E-state index contributed by atoms with van der Waals surface area (Å²) in [5.41, 5.74) is 0.191. The predicted molar refractivity (Wildman–Crippen MR) is 91.1 cm³/mol. The van der Waals surface area contributed by atoms with E-state index in [9.17, 15) is 0 Å². The Morgan fingerprint density at radius 3 is 2.81 bits per heavy atom. The highest BCUT2D eigenvalue weighted by molar-refractivity contribution is 7.99. The van der Waals surface area contributed by atoms with Crippen LogP contribution in [-0.4, -0.2) is 49.5 Å². The molecule has 1 N–H and O–H groups in total. The van der Waals surface area contributed by atoms with Crippen LogP contribution in [0.25, 0.3) is 0 Å². The topological polar surface area (TPSA) is 30.5 Å². The highest BCUT2D eigenvalue weighted by atomic mass is 32.2. The predicted octanol–water partition coefficient (Wildman–Crippen LogP) is 3.47. The second-order valence-electron chi connectivity index (χ2n) is 6.74. The van der Waals surface area contributed by atoms with Crippen LogP contribution >= 0.6 is 11.8 Å². The van der Waals surface area contributed by atoms with Crippen molar-refractivity contribution in [1.29, 1.82) is 0 Å². The van der Waals surface area contributed by atoms with Crippen molar-refractivity contribution in [1.82, 2.24) is 5.32 Å². The molecule has 0 aromatic heterocycles. The molecule has 2 fully saturated rings. The maximum atomic E-state index is 6.25. The Balaban J connectivity index is 1.96. The van der Waals surface area contributed by atoms with E-state index in [1.54, 1.807) is 0 Å². The molecule has 2 heterocycles. The first-order chi connectivity index (χ1) is 10.2. The molecule has 2 rings (SSSR count). The Hall–Kier alpha value is 0.230. The fourth-order valence-electron chi connectivity index (χ4n) is 3.73. The molecule has 3 unspecified atom stereocenters. The molecule has 0 radical (unpaired) electrons. The van der Waals surface area contributed by atoms with Gasteiger partial charge in [0.05, 0.1) is 11.7 Å². The molecule has 0 aromatic carbocycles. The fourth-order valence-corrected chi connectivity index (χ4v) is 4.96. The molecule has 3 nitrogen and oxygen atoms in total. The number of thioether (sulfide) groups is 1. The average Bonchev–Trinajstić information content (AvgIpc) is 2.52. The van der Waals surface area contributed by atoms with Crippen LogP contribution in [0.3, 0.4) is 0 Å². The van der Waals surface area contributed by atoms with Crippen LogP contribution in [0, 0.1) is 5.92 Å². The number of methoxy groups -OCH3 is 1. The summed E-state index contributed by atoms with van der Waals surface area (Å²) in [6.07, 6.45) is 7.58. The molecular formula is C17H33NO2S. The Kier molecular flexibility index (Phi) is 7.33. The maximum absolute atomic E-state index is 6.25. The van der Waals surface area contributed by atoms with Gasteiger partial charge in [-0.3, -0.25) is 0 Å². The molecule has 0 bridgehead atoms. The zero-order valence-corrected chi connectivity index (χ0v) is 14.8. The summed E-state index contributed by atoms with van der Waals surface area (Å²) in [5.74, 6) is 3.29. The van der Waals surface area contributed by atoms with Crippen molar-refractivity contribution in [3.63, 3.8) is 0 Å². The minimum atomic E-state index is 0.191. The van der Waals surface area contributed by atoms with Gasteiger partial charge in [0.15, 0.2) is 0 Å². The molecule has 2 saturated heterocycles. The van der Waals surface area contributed by atoms with Gasteiger partial charge in [0, 0.05) is 19.8 Å². The van der Waals surface area contributed by atoms with Gasteiger partial charge >= 0.3 is 0 Å². The van der Waals surface area contributed by atoms with Gasteiger partial charge in [-0.05, 0) is 69.4 Å². The standard InChI is InChI=1S/C17H33NO2S/c1-4-8-18-16(12-14(2)19-3)15-5-9-20-17(13-15)6-10-21-11-7-17/h14-16,18H,4-13H2,1-3H3. The van der Waals surface area contributed by atoms with E-state index < -0.39 is 0 Å². The lowest BCUT2D eigenvalue weighted by Crippen LogP contribution is -2.49. The summed E-state index contributed by atoms with van der Waals surface area (Å²) >= 11 is 2.08. The lowest BCUT2D eigenvalue weighted by Gasteiger charge is -2.45. The SMILES string of the molecule is CCCNC(CC(C)OC)C1CCOC2(CCSCC2)C1. The minimum absolute atomic E-state index is 0.191. The Bertz CT molecular complexity index is 289. The van der Waals surface area contributed by atoms with Gasteiger partial charge < -0.3 is 14.8 Å². The first-order valence-electron chi connectivity index (χ1n) is 8.67. The van der Waals surface area contributed by atoms with E-state index in [4.69, 9.17) is 9.47 Å². The Morgan fingerprint density at radius 2 is 2.14 bits per heavy atom. The molecule has 0 aromatic rings. The van der Waals surface area contributed by atoms with Crippen LogP contribution in [0.15, 0.2) is 0 Å². The number of rotatable bonds is 7. The average molecular weight is 316 g/mol. The van der Waals surface area contributed by atoms with Crippen molar-refractivity contribution >= 4 is 11.8 Å². The summed E-state index contributed by atoms with van der Waals surface area (Å²) in [6, 6.07) is 0.579. The summed E-state index contributed by atoms with van der Waals surface area (Å²) in [6.45, 7) is 6.49. The van der Waals surface area contributed by atoms with Crippen LogP contribution < -0.4 is 5.32 Å². The third-order valence-corrected chi connectivity index (χ3v) is 6.13. The number of hydrogen-bond acceptors (Lipinski definition) is 4. The van der Waals surface area contributed by atoms with Gasteiger partial charge in [-0.1, -0.05) is 6.92 Å². The molecule has 3 atom stereocenters. The maximum Gasteiger partial charge on any atom is 0.0701 e. The fraction of sp³-hybridized carbons (Fsp3) is 1.00. The number of hydrogen-bond donors (Lipinski definition) is 1. The third kappa shape index (κ3) is 5.12. The van der Waals surface area contributed by atoms with Crippen molar-refractivity contribution in [2.24, 2.45) is 5.92 Å². The summed E-state index contributed by atoms with van der Waals surface area (Å²) in [4.78, 5) is 0. The Morgan fingerprint density at radius 1 is 1.38 bits per heavy atom. The van der Waals surface area contributed by atoms with E-state index in [1.807, 2.05) is 7.11 Å². The number of ether oxygens (including phenoxy) is 2. The minimum Gasteiger partial charge on any atom is -0.382 e. The summed E-state index contributed by atoms with van der Waals surface area (Å²) in [7, 11) is 1.82. The van der Waals surface area contributed by atoms with Crippen molar-refractivity contribution in [3.8, 4) is 0 Å². The zero-order valence-electron chi connectivity index (χ0n) is 14.0. The monoisotopic (exact) mass is 315 g/mol. The normalized spacial score (nSPS) is 28.4. The molecular weight excluding hydrogens is 282 g/mol. The summed E-state index contributed by atoms with van der Waals surface area (Å²) < 4.78 is 11.8. The van der Waals surface area contributed by atoms with E-state index in [0.717, 1.165) is 25.5 Å². The first-order valence-corrected chi connectivity index (χ1v) is 9.82. The smallest absolute Gasteiger partial charge is 0.0701 e. The molecule has 4 heteroatoms. The summed E-state index contributed by atoms with van der Waals surface area (Å²) in [5, 5.41) is 3.79. The van der Waals surface area contributed by atoms with Crippen molar-refractivity contribution in [2.75, 3.05) is 31.8 Å². The first kappa shape index (κ1) is 17.6. The molecule has 124 valence electrons. The molecule has 2 aliphatic heterocycles. The molecule has 0 saturated carbocycles. The van der Waals surface area contributed by atoms with Gasteiger partial charge in [0.25, 0.3) is 0 Å². The van der Waals surface area contributed by atoms with E-state index in [1.165, 1.54) is 43.6 Å². The number of nitrogens with one attached hydrogen (secondary N) is 1. The van der Waals surface area contributed by atoms with Crippen molar-refractivity contribution in [3.05, 3.63) is 0 Å². The molecule has 0 aliphatic carbocycles. The van der Waals surface area contributed by atoms with Crippen LogP contribution in [0.4, 0.5) is 0 Å². The molecule has 21 heavy (non-hydrogen) atoms. The Labute approximate surface area is 134 Å². The van der Waals surface area contributed by atoms with Crippen LogP contribution in [-0.2, 0) is 9.47 Å². The third-order valence-electron chi connectivity index (χ3n) is 5.15. The van der Waals surface area contributed by atoms with Crippen molar-refractivity contribution in [2.45, 2.75) is 70.1 Å². The highest BCUT2D eigenvalue weighted by Gasteiger charge is 2.41. The lowest BCUT2D eigenvalue weighted by atomic mass is 9.77. The highest BCUT2D eigenvalue weighted by Crippen LogP contribution is 2.41. The van der Waals surface area contributed by atoms with Crippen LogP contribution in [0.2, 0.25) is 0 Å². The van der Waals surface area contributed by atoms with Crippen LogP contribution in [0.1, 0.15) is 52.4 Å². The van der Waals surface area contributed by atoms with Gasteiger partial charge in [0.2, 0.25) is 0 Å². The van der Waals surface area contributed by atoms with Gasteiger partial charge in [-0.15, -0.1) is 0 Å². The second-order valence-corrected chi connectivity index (χ2v) is 7.96. The quantitative estimate of drug-likeness (QED) is 0.779. The molecule has 1 spiro atoms. The van der Waals surface area contributed by atoms with Crippen LogP contribution in [0.5, 0.6) is 0 Å².